The molecule has 1 aliphatic heterocycles. The van der Waals surface area contributed by atoms with E-state index < -0.39 is 0 Å². The number of thiophene rings is 1. The lowest BCUT2D eigenvalue weighted by Gasteiger charge is -2.36. The van der Waals surface area contributed by atoms with E-state index in [0.717, 1.165) is 51.8 Å². The third-order valence-corrected chi connectivity index (χ3v) is 5.76. The molecule has 1 fully saturated rings. The summed E-state index contributed by atoms with van der Waals surface area (Å²) >= 11 is 1.72. The maximum Gasteiger partial charge on any atom is 0.191 e. The summed E-state index contributed by atoms with van der Waals surface area (Å²) in [7, 11) is 0. The van der Waals surface area contributed by atoms with Gasteiger partial charge in [0.25, 0.3) is 0 Å². The fourth-order valence-electron chi connectivity index (χ4n) is 3.43. The fourth-order valence-corrected chi connectivity index (χ4v) is 4.09. The summed E-state index contributed by atoms with van der Waals surface area (Å²) in [5.41, 5.74) is 2.63. The molecule has 5 nitrogen and oxygen atoms in total. The first kappa shape index (κ1) is 20.7. The molecular weight excluding hydrogens is 366 g/mol. The topological polar surface area (TPSA) is 42.9 Å². The van der Waals surface area contributed by atoms with E-state index in [1.165, 1.54) is 30.6 Å². The third-order valence-electron chi connectivity index (χ3n) is 5.03. The predicted octanol–water partition coefficient (Wildman–Crippen LogP) is 3.41. The Kier molecular flexibility index (Phi) is 8.65. The van der Waals surface area contributed by atoms with Crippen molar-refractivity contribution in [2.45, 2.75) is 26.3 Å². The van der Waals surface area contributed by atoms with Crippen molar-refractivity contribution in [2.75, 3.05) is 50.7 Å². The van der Waals surface area contributed by atoms with Gasteiger partial charge in [0.05, 0.1) is 6.54 Å². The number of benzene rings is 1. The number of guanidine groups is 1. The summed E-state index contributed by atoms with van der Waals surface area (Å²) in [6.45, 7) is 10.5. The van der Waals surface area contributed by atoms with E-state index in [2.05, 4.69) is 79.5 Å². The smallest absolute Gasteiger partial charge is 0.191 e. The Hall–Kier alpha value is -2.05. The minimum absolute atomic E-state index is 0.741. The maximum atomic E-state index is 4.67. The van der Waals surface area contributed by atoms with Crippen LogP contribution in [0.5, 0.6) is 0 Å². The first-order valence-electron chi connectivity index (χ1n) is 10.4. The minimum Gasteiger partial charge on any atom is -0.369 e. The van der Waals surface area contributed by atoms with Gasteiger partial charge in [0.2, 0.25) is 0 Å². The molecule has 6 heteroatoms. The number of nitrogens with zero attached hydrogens (tertiary/aromatic N) is 3. The highest BCUT2D eigenvalue weighted by molar-refractivity contribution is 7.07. The molecule has 0 spiro atoms. The van der Waals surface area contributed by atoms with E-state index in [9.17, 15) is 0 Å². The van der Waals surface area contributed by atoms with Crippen LogP contribution in [0, 0.1) is 0 Å². The molecule has 0 bridgehead atoms. The quantitative estimate of drug-likeness (QED) is 0.385. The van der Waals surface area contributed by atoms with Crippen LogP contribution in [-0.2, 0) is 6.54 Å². The summed E-state index contributed by atoms with van der Waals surface area (Å²) in [5.74, 6) is 0.921. The molecule has 0 saturated carbocycles. The van der Waals surface area contributed by atoms with Crippen molar-refractivity contribution < 1.29 is 0 Å². The van der Waals surface area contributed by atoms with Crippen molar-refractivity contribution in [3.63, 3.8) is 0 Å². The van der Waals surface area contributed by atoms with Gasteiger partial charge >= 0.3 is 0 Å². The molecule has 152 valence electrons. The molecule has 2 N–H and O–H groups in total. The monoisotopic (exact) mass is 399 g/mol. The molecule has 2 aromatic rings. The van der Waals surface area contributed by atoms with Gasteiger partial charge in [-0.05, 0) is 60.8 Å². The van der Waals surface area contributed by atoms with Gasteiger partial charge in [0.15, 0.2) is 5.96 Å². The Labute approximate surface area is 173 Å². The van der Waals surface area contributed by atoms with Crippen LogP contribution in [0.25, 0.3) is 0 Å². The van der Waals surface area contributed by atoms with Crippen molar-refractivity contribution in [3.8, 4) is 0 Å². The first-order chi connectivity index (χ1) is 13.8. The second-order valence-corrected chi connectivity index (χ2v) is 7.90. The molecule has 1 aliphatic rings. The van der Waals surface area contributed by atoms with Gasteiger partial charge in [0.1, 0.15) is 0 Å². The molecular formula is C22H33N5S. The van der Waals surface area contributed by atoms with Crippen LogP contribution in [0.2, 0.25) is 0 Å². The minimum atomic E-state index is 0.741. The Balaban J connectivity index is 1.29. The van der Waals surface area contributed by atoms with E-state index in [1.54, 1.807) is 11.3 Å². The molecule has 0 aliphatic carbocycles. The van der Waals surface area contributed by atoms with Gasteiger partial charge in [-0.2, -0.15) is 11.3 Å². The number of hydrogen-bond donors (Lipinski definition) is 2. The van der Waals surface area contributed by atoms with Crippen LogP contribution in [0.4, 0.5) is 5.69 Å². The van der Waals surface area contributed by atoms with E-state index in [0.29, 0.717) is 0 Å². The van der Waals surface area contributed by atoms with Crippen molar-refractivity contribution in [3.05, 3.63) is 52.7 Å². The molecule has 0 unspecified atom stereocenters. The highest BCUT2D eigenvalue weighted by Gasteiger charge is 2.16. The summed E-state index contributed by atoms with van der Waals surface area (Å²) < 4.78 is 0. The molecule has 1 aromatic carbocycles. The number of para-hydroxylation sites is 1. The molecule has 0 amide bonds. The van der Waals surface area contributed by atoms with Crippen LogP contribution in [0.15, 0.2) is 52.2 Å². The van der Waals surface area contributed by atoms with Gasteiger partial charge < -0.3 is 15.5 Å². The van der Waals surface area contributed by atoms with E-state index in [1.807, 2.05) is 0 Å². The molecule has 1 saturated heterocycles. The molecule has 28 heavy (non-hydrogen) atoms. The third kappa shape index (κ3) is 6.84. The summed E-state index contributed by atoms with van der Waals surface area (Å²) in [6, 6.07) is 12.9. The summed E-state index contributed by atoms with van der Waals surface area (Å²) in [4.78, 5) is 9.75. The average molecular weight is 400 g/mol. The lowest BCUT2D eigenvalue weighted by Crippen LogP contribution is -2.46. The standard InChI is InChI=1S/C22H33N5S/c1-2-23-22(25-18-20-10-17-28-19-20)24-11-6-7-12-26-13-15-27(16-14-26)21-8-4-3-5-9-21/h3-5,8-10,17,19H,2,6-7,11-16,18H2,1H3,(H2,23,24,25). The zero-order valence-corrected chi connectivity index (χ0v) is 17.8. The van der Waals surface area contributed by atoms with Crippen LogP contribution in [0.3, 0.4) is 0 Å². The fraction of sp³-hybridized carbons (Fsp3) is 0.500. The maximum absolute atomic E-state index is 4.67. The Morgan fingerprint density at radius 1 is 1.04 bits per heavy atom. The molecule has 2 heterocycles. The number of nitrogens with one attached hydrogen (secondary N) is 2. The van der Waals surface area contributed by atoms with Crippen molar-refractivity contribution in [2.24, 2.45) is 4.99 Å². The summed E-state index contributed by atoms with van der Waals surface area (Å²) in [6.07, 6.45) is 2.39. The number of rotatable bonds is 9. The average Bonchev–Trinajstić information content (AvgIpc) is 3.26. The van der Waals surface area contributed by atoms with Crippen molar-refractivity contribution >= 4 is 23.0 Å². The highest BCUT2D eigenvalue weighted by Crippen LogP contribution is 2.15. The van der Waals surface area contributed by atoms with Crippen LogP contribution in [0.1, 0.15) is 25.3 Å². The first-order valence-corrected chi connectivity index (χ1v) is 11.3. The normalized spacial score (nSPS) is 15.6. The second-order valence-electron chi connectivity index (χ2n) is 7.12. The van der Waals surface area contributed by atoms with Gasteiger partial charge in [-0.1, -0.05) is 18.2 Å². The largest absolute Gasteiger partial charge is 0.369 e. The molecule has 0 radical (unpaired) electrons. The lowest BCUT2D eigenvalue weighted by atomic mass is 10.2. The Bertz CT molecular complexity index is 678. The lowest BCUT2D eigenvalue weighted by molar-refractivity contribution is 0.253. The molecule has 1 aromatic heterocycles. The van der Waals surface area contributed by atoms with Gasteiger partial charge in [0, 0.05) is 45.0 Å². The Morgan fingerprint density at radius 2 is 1.86 bits per heavy atom. The zero-order valence-electron chi connectivity index (χ0n) is 16.9. The number of anilines is 1. The van der Waals surface area contributed by atoms with Crippen LogP contribution in [-0.4, -0.2) is 56.7 Å². The molecule has 3 rings (SSSR count). The second kappa shape index (κ2) is 11.7. The van der Waals surface area contributed by atoms with Crippen molar-refractivity contribution in [1.82, 2.24) is 15.5 Å². The van der Waals surface area contributed by atoms with E-state index in [4.69, 9.17) is 0 Å². The Morgan fingerprint density at radius 3 is 2.57 bits per heavy atom. The number of hydrogen-bond acceptors (Lipinski definition) is 4. The summed E-state index contributed by atoms with van der Waals surface area (Å²) in [5, 5.41) is 11.1. The van der Waals surface area contributed by atoms with Gasteiger partial charge in [-0.15, -0.1) is 0 Å². The number of aliphatic imine (C=N–C) groups is 1. The number of unbranched alkanes of at least 4 members (excludes halogenated alkanes) is 1. The molecule has 0 atom stereocenters. The predicted molar refractivity (Wildman–Crippen MR) is 121 cm³/mol. The zero-order chi connectivity index (χ0) is 19.4. The number of piperazine rings is 1. The van der Waals surface area contributed by atoms with E-state index >= 15 is 0 Å². The highest BCUT2D eigenvalue weighted by atomic mass is 32.1. The van der Waals surface area contributed by atoms with Gasteiger partial charge in [-0.25, -0.2) is 4.99 Å². The van der Waals surface area contributed by atoms with Gasteiger partial charge in [-0.3, -0.25) is 4.90 Å². The SMILES string of the molecule is CCNC(=NCc1ccsc1)NCCCCN1CCN(c2ccccc2)CC1. The van der Waals surface area contributed by atoms with Crippen LogP contribution < -0.4 is 15.5 Å². The van der Waals surface area contributed by atoms with Crippen LogP contribution >= 0.6 is 11.3 Å². The van der Waals surface area contributed by atoms with Crippen molar-refractivity contribution in [1.29, 1.82) is 0 Å². The van der Waals surface area contributed by atoms with E-state index in [-0.39, 0.29) is 0 Å².